The van der Waals surface area contributed by atoms with Crippen LogP contribution in [0, 0.1) is 11.3 Å². The Hall–Kier alpha value is -2.88. The highest BCUT2D eigenvalue weighted by Crippen LogP contribution is 2.16. The van der Waals surface area contributed by atoms with Gasteiger partial charge in [-0.25, -0.2) is 0 Å². The number of rotatable bonds is 6. The minimum absolute atomic E-state index is 0.0500. The molecular formula is C22H24N4O2. The number of piperazine rings is 3. The Morgan fingerprint density at radius 1 is 1.14 bits per heavy atom. The summed E-state index contributed by atoms with van der Waals surface area (Å²) in [5, 5.41) is 12.1. The molecule has 3 saturated heterocycles. The third-order valence-electron chi connectivity index (χ3n) is 5.45. The van der Waals surface area contributed by atoms with Crippen molar-refractivity contribution in [3.63, 3.8) is 0 Å². The molecule has 3 aliphatic rings. The Balaban J connectivity index is 1.32. The first-order valence-corrected chi connectivity index (χ1v) is 9.68. The molecule has 3 heterocycles. The first-order valence-electron chi connectivity index (χ1n) is 9.68. The Morgan fingerprint density at radius 3 is 2.71 bits per heavy atom. The van der Waals surface area contributed by atoms with Gasteiger partial charge in [-0.15, -0.1) is 0 Å². The van der Waals surface area contributed by atoms with Crippen molar-refractivity contribution in [2.75, 3.05) is 39.3 Å². The Labute approximate surface area is 165 Å². The van der Waals surface area contributed by atoms with Crippen molar-refractivity contribution in [3.8, 4) is 11.8 Å². The number of amides is 1. The Morgan fingerprint density at radius 2 is 1.96 bits per heavy atom. The number of ether oxygens (including phenoxy) is 1. The average Bonchev–Trinajstić information content (AvgIpc) is 2.77. The molecule has 0 radical (unpaired) electrons. The molecule has 6 nitrogen and oxygen atoms in total. The van der Waals surface area contributed by atoms with Gasteiger partial charge < -0.3 is 10.1 Å². The van der Waals surface area contributed by atoms with Gasteiger partial charge in [0.1, 0.15) is 12.4 Å². The van der Waals surface area contributed by atoms with Gasteiger partial charge in [0.15, 0.2) is 0 Å². The molecule has 6 heteroatoms. The highest BCUT2D eigenvalue weighted by atomic mass is 16.5. The van der Waals surface area contributed by atoms with E-state index in [1.807, 2.05) is 30.3 Å². The predicted molar refractivity (Wildman–Crippen MR) is 106 cm³/mol. The van der Waals surface area contributed by atoms with E-state index in [1.54, 1.807) is 18.2 Å². The summed E-state index contributed by atoms with van der Waals surface area (Å²) in [4.78, 5) is 17.5. The van der Waals surface area contributed by atoms with E-state index in [2.05, 4.69) is 21.2 Å². The molecule has 1 atom stereocenters. The number of hydrogen-bond acceptors (Lipinski definition) is 5. The lowest BCUT2D eigenvalue weighted by Gasteiger charge is -2.47. The van der Waals surface area contributed by atoms with Crippen molar-refractivity contribution >= 4 is 5.91 Å². The van der Waals surface area contributed by atoms with E-state index in [1.165, 1.54) is 0 Å². The monoisotopic (exact) mass is 376 g/mol. The largest absolute Gasteiger partial charge is 0.489 e. The molecule has 0 spiro atoms. The minimum Gasteiger partial charge on any atom is -0.489 e. The highest BCUT2D eigenvalue weighted by molar-refractivity contribution is 5.94. The third kappa shape index (κ3) is 4.33. The van der Waals surface area contributed by atoms with Crippen LogP contribution >= 0.6 is 0 Å². The summed E-state index contributed by atoms with van der Waals surface area (Å²) in [5.74, 6) is 0.594. The van der Waals surface area contributed by atoms with Crippen LogP contribution in [0.1, 0.15) is 21.5 Å². The molecule has 2 aromatic carbocycles. The summed E-state index contributed by atoms with van der Waals surface area (Å²) in [6, 6.07) is 17.1. The van der Waals surface area contributed by atoms with Crippen LogP contribution in [0.4, 0.5) is 0 Å². The van der Waals surface area contributed by atoms with Gasteiger partial charge in [0, 0.05) is 50.9 Å². The van der Waals surface area contributed by atoms with Crippen LogP contribution in [0.15, 0.2) is 48.5 Å². The van der Waals surface area contributed by atoms with E-state index in [-0.39, 0.29) is 5.91 Å². The first kappa shape index (κ1) is 18.5. The number of benzene rings is 2. The number of fused-ring (bicyclic) bond motifs is 3. The van der Waals surface area contributed by atoms with Crippen LogP contribution in [-0.4, -0.2) is 61.0 Å². The zero-order chi connectivity index (χ0) is 19.3. The van der Waals surface area contributed by atoms with Gasteiger partial charge in [-0.2, -0.15) is 5.26 Å². The SMILES string of the molecule is N#Cc1cccc(OCc2cccc(C(=O)NCC3CN4CCN3CC4)c2)c1. The maximum Gasteiger partial charge on any atom is 0.251 e. The number of hydrogen-bond donors (Lipinski definition) is 1. The predicted octanol–water partition coefficient (Wildman–Crippen LogP) is 1.87. The van der Waals surface area contributed by atoms with E-state index in [9.17, 15) is 4.79 Å². The first-order chi connectivity index (χ1) is 13.7. The molecule has 0 saturated carbocycles. The topological polar surface area (TPSA) is 68.6 Å². The lowest BCUT2D eigenvalue weighted by atomic mass is 10.1. The Bertz CT molecular complexity index is 884. The average molecular weight is 376 g/mol. The normalized spacial score (nSPS) is 23.0. The van der Waals surface area contributed by atoms with Gasteiger partial charge in [-0.3, -0.25) is 14.6 Å². The number of nitrogens with one attached hydrogen (secondary N) is 1. The fourth-order valence-electron chi connectivity index (χ4n) is 3.86. The van der Waals surface area contributed by atoms with Crippen molar-refractivity contribution in [2.45, 2.75) is 12.6 Å². The van der Waals surface area contributed by atoms with Gasteiger partial charge in [0.2, 0.25) is 0 Å². The van der Waals surface area contributed by atoms with Crippen molar-refractivity contribution in [2.24, 2.45) is 0 Å². The lowest BCUT2D eigenvalue weighted by Crippen LogP contribution is -2.63. The molecule has 3 fully saturated rings. The molecule has 2 bridgehead atoms. The van der Waals surface area contributed by atoms with E-state index >= 15 is 0 Å². The summed E-state index contributed by atoms with van der Waals surface area (Å²) in [5.41, 5.74) is 2.12. The smallest absolute Gasteiger partial charge is 0.251 e. The zero-order valence-electron chi connectivity index (χ0n) is 15.8. The third-order valence-corrected chi connectivity index (χ3v) is 5.45. The molecule has 0 aliphatic carbocycles. The van der Waals surface area contributed by atoms with Crippen molar-refractivity contribution < 1.29 is 9.53 Å². The molecule has 3 aliphatic heterocycles. The maximum absolute atomic E-state index is 12.6. The number of nitriles is 1. The van der Waals surface area contributed by atoms with Crippen LogP contribution in [0.25, 0.3) is 0 Å². The summed E-state index contributed by atoms with van der Waals surface area (Å²) in [6.07, 6.45) is 0. The van der Waals surface area contributed by atoms with Crippen LogP contribution in [0.3, 0.4) is 0 Å². The van der Waals surface area contributed by atoms with Gasteiger partial charge in [0.25, 0.3) is 5.91 Å². The number of carbonyl (C=O) groups excluding carboxylic acids is 1. The van der Waals surface area contributed by atoms with E-state index in [0.29, 0.717) is 36.1 Å². The molecule has 144 valence electrons. The van der Waals surface area contributed by atoms with Crippen molar-refractivity contribution in [3.05, 3.63) is 65.2 Å². The summed E-state index contributed by atoms with van der Waals surface area (Å²) in [6.45, 7) is 6.54. The van der Waals surface area contributed by atoms with Crippen molar-refractivity contribution in [1.29, 1.82) is 5.26 Å². The van der Waals surface area contributed by atoms with Crippen LogP contribution in [0.5, 0.6) is 5.75 Å². The van der Waals surface area contributed by atoms with Crippen LogP contribution < -0.4 is 10.1 Å². The van der Waals surface area contributed by atoms with Crippen molar-refractivity contribution in [1.82, 2.24) is 15.1 Å². The second-order valence-corrected chi connectivity index (χ2v) is 7.33. The molecule has 5 rings (SSSR count). The second-order valence-electron chi connectivity index (χ2n) is 7.33. The summed E-state index contributed by atoms with van der Waals surface area (Å²) < 4.78 is 5.76. The molecule has 0 aromatic heterocycles. The molecule has 1 N–H and O–H groups in total. The van der Waals surface area contributed by atoms with E-state index in [4.69, 9.17) is 10.00 Å². The molecular weight excluding hydrogens is 352 g/mol. The van der Waals surface area contributed by atoms with Gasteiger partial charge in [0.05, 0.1) is 11.6 Å². The lowest BCUT2D eigenvalue weighted by molar-refractivity contribution is 0.0138. The quantitative estimate of drug-likeness (QED) is 0.834. The van der Waals surface area contributed by atoms with E-state index < -0.39 is 0 Å². The Kier molecular flexibility index (Phi) is 5.56. The molecule has 28 heavy (non-hydrogen) atoms. The molecule has 1 unspecified atom stereocenters. The van der Waals surface area contributed by atoms with Gasteiger partial charge >= 0.3 is 0 Å². The maximum atomic E-state index is 12.6. The fourth-order valence-corrected chi connectivity index (χ4v) is 3.86. The van der Waals surface area contributed by atoms with Gasteiger partial charge in [-0.05, 0) is 35.9 Å². The van der Waals surface area contributed by atoms with Crippen LogP contribution in [0.2, 0.25) is 0 Å². The molecule has 1 amide bonds. The highest BCUT2D eigenvalue weighted by Gasteiger charge is 2.31. The second kappa shape index (κ2) is 8.42. The van der Waals surface area contributed by atoms with Crippen LogP contribution in [-0.2, 0) is 6.61 Å². The minimum atomic E-state index is -0.0500. The van der Waals surface area contributed by atoms with Gasteiger partial charge in [-0.1, -0.05) is 18.2 Å². The van der Waals surface area contributed by atoms with E-state index in [0.717, 1.165) is 38.3 Å². The fraction of sp³-hybridized carbons (Fsp3) is 0.364. The number of carbonyl (C=O) groups is 1. The zero-order valence-corrected chi connectivity index (χ0v) is 15.8. The number of nitrogens with zero attached hydrogens (tertiary/aromatic N) is 3. The standard InChI is InChI=1S/C22H24N4O2/c23-13-17-3-2-6-21(12-17)28-16-18-4-1-5-19(11-18)22(27)24-14-20-15-25-7-9-26(20)10-8-25/h1-6,11-12,20H,7-10,14-16H2,(H,24,27). The molecule has 2 aromatic rings. The summed E-state index contributed by atoms with van der Waals surface area (Å²) in [7, 11) is 0. The summed E-state index contributed by atoms with van der Waals surface area (Å²) >= 11 is 0.